The van der Waals surface area contributed by atoms with Crippen molar-refractivity contribution in [1.82, 2.24) is 5.32 Å². The van der Waals surface area contributed by atoms with E-state index in [-0.39, 0.29) is 5.91 Å². The highest BCUT2D eigenvalue weighted by Gasteiger charge is 2.11. The SMILES string of the molecule is C=CC(=O)NCCC(O)c1ccc(Cl)cc1Cl. The molecule has 1 rings (SSSR count). The lowest BCUT2D eigenvalue weighted by Crippen LogP contribution is -2.23. The lowest BCUT2D eigenvalue weighted by Gasteiger charge is -2.13. The molecule has 1 aromatic carbocycles. The molecule has 1 aromatic rings. The summed E-state index contributed by atoms with van der Waals surface area (Å²) >= 11 is 11.7. The molecule has 17 heavy (non-hydrogen) atoms. The Hall–Kier alpha value is -1.03. The molecule has 1 atom stereocenters. The molecule has 0 bridgehead atoms. The van der Waals surface area contributed by atoms with Gasteiger partial charge in [-0.1, -0.05) is 35.8 Å². The van der Waals surface area contributed by atoms with Gasteiger partial charge in [0.25, 0.3) is 0 Å². The smallest absolute Gasteiger partial charge is 0.243 e. The maximum absolute atomic E-state index is 10.9. The Morgan fingerprint density at radius 3 is 2.82 bits per heavy atom. The molecular weight excluding hydrogens is 261 g/mol. The normalized spacial score (nSPS) is 11.9. The molecule has 1 amide bonds. The quantitative estimate of drug-likeness (QED) is 0.811. The van der Waals surface area contributed by atoms with Crippen LogP contribution < -0.4 is 5.32 Å². The van der Waals surface area contributed by atoms with Crippen LogP contribution in [0.1, 0.15) is 18.1 Å². The molecule has 5 heteroatoms. The van der Waals surface area contributed by atoms with Crippen molar-refractivity contribution in [3.05, 3.63) is 46.5 Å². The zero-order chi connectivity index (χ0) is 12.8. The lowest BCUT2D eigenvalue weighted by molar-refractivity contribution is -0.116. The second kappa shape index (κ2) is 6.64. The highest BCUT2D eigenvalue weighted by atomic mass is 35.5. The molecule has 0 saturated carbocycles. The van der Waals surface area contributed by atoms with E-state index in [0.717, 1.165) is 0 Å². The van der Waals surface area contributed by atoms with Crippen LogP contribution in [0.25, 0.3) is 0 Å². The Morgan fingerprint density at radius 2 is 2.24 bits per heavy atom. The molecule has 0 radical (unpaired) electrons. The third-order valence-electron chi connectivity index (χ3n) is 2.22. The number of carbonyl (C=O) groups excluding carboxylic acids is 1. The van der Waals surface area contributed by atoms with Gasteiger partial charge in [-0.25, -0.2) is 0 Å². The van der Waals surface area contributed by atoms with Gasteiger partial charge in [-0.3, -0.25) is 4.79 Å². The first kappa shape index (κ1) is 14.0. The average molecular weight is 274 g/mol. The van der Waals surface area contributed by atoms with E-state index in [2.05, 4.69) is 11.9 Å². The summed E-state index contributed by atoms with van der Waals surface area (Å²) in [7, 11) is 0. The van der Waals surface area contributed by atoms with Gasteiger partial charge in [0, 0.05) is 16.6 Å². The molecule has 0 aliphatic rings. The maximum atomic E-state index is 10.9. The zero-order valence-corrected chi connectivity index (χ0v) is 10.6. The van der Waals surface area contributed by atoms with Crippen LogP contribution >= 0.6 is 23.2 Å². The van der Waals surface area contributed by atoms with Gasteiger partial charge < -0.3 is 10.4 Å². The summed E-state index contributed by atoms with van der Waals surface area (Å²) < 4.78 is 0. The number of aliphatic hydroxyl groups excluding tert-OH is 1. The first-order chi connectivity index (χ1) is 8.04. The molecule has 1 unspecified atom stereocenters. The monoisotopic (exact) mass is 273 g/mol. The number of amides is 1. The van der Waals surface area contributed by atoms with Gasteiger partial charge in [0.15, 0.2) is 0 Å². The molecule has 2 N–H and O–H groups in total. The number of benzene rings is 1. The summed E-state index contributed by atoms with van der Waals surface area (Å²) in [5.41, 5.74) is 0.601. The summed E-state index contributed by atoms with van der Waals surface area (Å²) in [6.07, 6.45) is 0.827. The molecule has 0 aromatic heterocycles. The largest absolute Gasteiger partial charge is 0.388 e. The van der Waals surface area contributed by atoms with Crippen LogP contribution in [0.4, 0.5) is 0 Å². The van der Waals surface area contributed by atoms with Gasteiger partial charge in [0.2, 0.25) is 5.91 Å². The van der Waals surface area contributed by atoms with Crippen LogP contribution in [0.15, 0.2) is 30.9 Å². The number of hydrogen-bond donors (Lipinski definition) is 2. The van der Waals surface area contributed by atoms with Crippen molar-refractivity contribution in [2.45, 2.75) is 12.5 Å². The second-order valence-corrected chi connectivity index (χ2v) is 4.31. The third-order valence-corrected chi connectivity index (χ3v) is 2.79. The fraction of sp³-hybridized carbons (Fsp3) is 0.250. The van der Waals surface area contributed by atoms with E-state index in [9.17, 15) is 9.90 Å². The van der Waals surface area contributed by atoms with Crippen LogP contribution in [0, 0.1) is 0 Å². The van der Waals surface area contributed by atoms with Crippen molar-refractivity contribution in [2.75, 3.05) is 6.54 Å². The van der Waals surface area contributed by atoms with Crippen molar-refractivity contribution in [3.8, 4) is 0 Å². The predicted octanol–water partition coefficient (Wildman–Crippen LogP) is 2.72. The minimum absolute atomic E-state index is 0.264. The van der Waals surface area contributed by atoms with Crippen molar-refractivity contribution >= 4 is 29.1 Å². The first-order valence-electron chi connectivity index (χ1n) is 5.08. The molecule has 0 aliphatic heterocycles. The Balaban J connectivity index is 2.55. The second-order valence-electron chi connectivity index (χ2n) is 3.47. The zero-order valence-electron chi connectivity index (χ0n) is 9.12. The van der Waals surface area contributed by atoms with E-state index in [1.807, 2.05) is 0 Å². The first-order valence-corrected chi connectivity index (χ1v) is 5.83. The van der Waals surface area contributed by atoms with Gasteiger partial charge in [-0.2, -0.15) is 0 Å². The number of nitrogens with one attached hydrogen (secondary N) is 1. The molecular formula is C12H13Cl2NO2. The Morgan fingerprint density at radius 1 is 1.53 bits per heavy atom. The third kappa shape index (κ3) is 4.38. The summed E-state index contributed by atoms with van der Waals surface area (Å²) in [6.45, 7) is 3.68. The van der Waals surface area contributed by atoms with Crippen molar-refractivity contribution < 1.29 is 9.90 Å². The minimum Gasteiger partial charge on any atom is -0.388 e. The van der Waals surface area contributed by atoms with Crippen molar-refractivity contribution in [2.24, 2.45) is 0 Å². The van der Waals surface area contributed by atoms with Crippen LogP contribution in [0.3, 0.4) is 0 Å². The highest BCUT2D eigenvalue weighted by Crippen LogP contribution is 2.27. The van der Waals surface area contributed by atoms with E-state index in [0.29, 0.717) is 28.6 Å². The lowest BCUT2D eigenvalue weighted by atomic mass is 10.1. The van der Waals surface area contributed by atoms with Crippen molar-refractivity contribution in [3.63, 3.8) is 0 Å². The fourth-order valence-corrected chi connectivity index (χ4v) is 1.87. The summed E-state index contributed by atoms with van der Waals surface area (Å²) in [6, 6.07) is 4.91. The number of halogens is 2. The Bertz CT molecular complexity index is 421. The van der Waals surface area contributed by atoms with E-state index in [1.54, 1.807) is 18.2 Å². The van der Waals surface area contributed by atoms with E-state index >= 15 is 0 Å². The maximum Gasteiger partial charge on any atom is 0.243 e. The Labute approximate surface area is 110 Å². The fourth-order valence-electron chi connectivity index (χ4n) is 1.33. The van der Waals surface area contributed by atoms with E-state index in [1.165, 1.54) is 6.08 Å². The predicted molar refractivity (Wildman–Crippen MR) is 69.2 cm³/mol. The van der Waals surface area contributed by atoms with E-state index in [4.69, 9.17) is 23.2 Å². The van der Waals surface area contributed by atoms with Gasteiger partial charge >= 0.3 is 0 Å². The van der Waals surface area contributed by atoms with Gasteiger partial charge in [0.05, 0.1) is 6.10 Å². The van der Waals surface area contributed by atoms with E-state index < -0.39 is 6.10 Å². The van der Waals surface area contributed by atoms with Crippen LogP contribution in [-0.2, 0) is 4.79 Å². The highest BCUT2D eigenvalue weighted by molar-refractivity contribution is 6.35. The molecule has 0 saturated heterocycles. The van der Waals surface area contributed by atoms with Gasteiger partial charge in [-0.15, -0.1) is 0 Å². The summed E-state index contributed by atoms with van der Waals surface area (Å²) in [5.74, 6) is -0.264. The summed E-state index contributed by atoms with van der Waals surface area (Å²) in [5, 5.41) is 13.4. The van der Waals surface area contributed by atoms with Crippen LogP contribution in [0.2, 0.25) is 10.0 Å². The standard InChI is InChI=1S/C12H13Cl2NO2/c1-2-12(17)15-6-5-11(16)9-4-3-8(13)7-10(9)14/h2-4,7,11,16H,1,5-6H2,(H,15,17). The molecule has 3 nitrogen and oxygen atoms in total. The number of rotatable bonds is 5. The molecule has 0 heterocycles. The summed E-state index contributed by atoms with van der Waals surface area (Å²) in [4.78, 5) is 10.9. The number of hydrogen-bond acceptors (Lipinski definition) is 2. The Kier molecular flexibility index (Phi) is 5.48. The van der Waals surface area contributed by atoms with Crippen LogP contribution in [0.5, 0.6) is 0 Å². The van der Waals surface area contributed by atoms with Gasteiger partial charge in [-0.05, 0) is 30.2 Å². The molecule has 0 fully saturated rings. The molecule has 0 aliphatic carbocycles. The molecule has 92 valence electrons. The average Bonchev–Trinajstić information content (AvgIpc) is 2.28. The number of carbonyl (C=O) groups is 1. The topological polar surface area (TPSA) is 49.3 Å². The van der Waals surface area contributed by atoms with Crippen molar-refractivity contribution in [1.29, 1.82) is 0 Å². The van der Waals surface area contributed by atoms with Gasteiger partial charge in [0.1, 0.15) is 0 Å². The molecule has 0 spiro atoms. The van der Waals surface area contributed by atoms with Crippen LogP contribution in [-0.4, -0.2) is 17.6 Å². The number of aliphatic hydroxyl groups is 1. The minimum atomic E-state index is -0.732.